The number of oxazole rings is 1. The molecule has 0 N–H and O–H groups in total. The number of anilines is 3. The van der Waals surface area contributed by atoms with Crippen LogP contribution < -0.4 is 4.90 Å². The molecule has 0 aliphatic rings. The fraction of sp³-hybridized carbons (Fsp3) is 0. The maximum atomic E-state index is 6.58. The van der Waals surface area contributed by atoms with Crippen molar-refractivity contribution < 1.29 is 8.83 Å². The van der Waals surface area contributed by atoms with Crippen molar-refractivity contribution in [2.45, 2.75) is 0 Å². The minimum Gasteiger partial charge on any atom is -0.455 e. The third-order valence-electron chi connectivity index (χ3n) is 10.7. The van der Waals surface area contributed by atoms with Gasteiger partial charge in [0.2, 0.25) is 5.89 Å². The van der Waals surface area contributed by atoms with Gasteiger partial charge in [-0.15, -0.1) is 0 Å². The van der Waals surface area contributed by atoms with E-state index < -0.39 is 0 Å². The Bertz CT molecular complexity index is 3180. The Morgan fingerprint density at radius 1 is 0.382 bits per heavy atom. The lowest BCUT2D eigenvalue weighted by molar-refractivity contribution is 0.619. The van der Waals surface area contributed by atoms with E-state index in [-0.39, 0.29) is 0 Å². The largest absolute Gasteiger partial charge is 0.455 e. The molecule has 2 heterocycles. The molecule has 0 saturated heterocycles. The zero-order chi connectivity index (χ0) is 36.3. The van der Waals surface area contributed by atoms with Gasteiger partial charge in [0.25, 0.3) is 0 Å². The van der Waals surface area contributed by atoms with E-state index in [1.165, 1.54) is 32.7 Å². The highest BCUT2D eigenvalue weighted by Crippen LogP contribution is 2.44. The van der Waals surface area contributed by atoms with Crippen LogP contribution in [0.1, 0.15) is 0 Å². The maximum absolute atomic E-state index is 6.58. The van der Waals surface area contributed by atoms with Gasteiger partial charge >= 0.3 is 0 Å². The van der Waals surface area contributed by atoms with E-state index in [0.29, 0.717) is 11.5 Å². The lowest BCUT2D eigenvalue weighted by atomic mass is 9.93. The van der Waals surface area contributed by atoms with Gasteiger partial charge in [-0.05, 0) is 105 Å². The van der Waals surface area contributed by atoms with Crippen LogP contribution in [0, 0.1) is 0 Å². The molecule has 0 fully saturated rings. The summed E-state index contributed by atoms with van der Waals surface area (Å²) in [5.74, 6) is 0.584. The van der Waals surface area contributed by atoms with Crippen molar-refractivity contribution in [3.8, 4) is 33.7 Å². The van der Waals surface area contributed by atoms with Crippen molar-refractivity contribution >= 4 is 71.6 Å². The highest BCUT2D eigenvalue weighted by Gasteiger charge is 2.22. The normalized spacial score (nSPS) is 11.6. The molecule has 258 valence electrons. The van der Waals surface area contributed by atoms with Crippen LogP contribution in [-0.2, 0) is 0 Å². The minimum absolute atomic E-state index is 0.584. The number of hydrogen-bond acceptors (Lipinski definition) is 4. The lowest BCUT2D eigenvalue weighted by Gasteiger charge is -2.26. The summed E-state index contributed by atoms with van der Waals surface area (Å²) in [6, 6.07) is 68.1. The molecule has 0 bridgehead atoms. The SMILES string of the molecule is c1ccc(-c2nc3cc4c(oc5ccccc54)c(-c4ccc(N(c5ccccc5)c5ccc(-c6cc7ccccc7c7ccccc67)cc5)cc4)c3o2)cc1. The van der Waals surface area contributed by atoms with Crippen molar-refractivity contribution in [1.29, 1.82) is 0 Å². The third-order valence-corrected chi connectivity index (χ3v) is 10.7. The van der Waals surface area contributed by atoms with E-state index in [1.807, 2.05) is 48.5 Å². The molecular weight excluding hydrogens is 673 g/mol. The summed E-state index contributed by atoms with van der Waals surface area (Å²) in [6.07, 6.45) is 0. The van der Waals surface area contributed by atoms with E-state index >= 15 is 0 Å². The summed E-state index contributed by atoms with van der Waals surface area (Å²) >= 11 is 0. The van der Waals surface area contributed by atoms with Crippen molar-refractivity contribution in [3.63, 3.8) is 0 Å². The Hall–Kier alpha value is -7.43. The lowest BCUT2D eigenvalue weighted by Crippen LogP contribution is -2.09. The molecule has 11 aromatic rings. The van der Waals surface area contributed by atoms with E-state index in [4.69, 9.17) is 13.8 Å². The van der Waals surface area contributed by atoms with E-state index in [9.17, 15) is 0 Å². The Morgan fingerprint density at radius 3 is 1.71 bits per heavy atom. The zero-order valence-electron chi connectivity index (χ0n) is 29.7. The summed E-state index contributed by atoms with van der Waals surface area (Å²) in [5.41, 5.74) is 11.5. The number of hydrogen-bond donors (Lipinski definition) is 0. The van der Waals surface area contributed by atoms with Gasteiger partial charge in [-0.1, -0.05) is 127 Å². The molecule has 0 saturated carbocycles. The fourth-order valence-electron chi connectivity index (χ4n) is 8.09. The van der Waals surface area contributed by atoms with Gasteiger partial charge in [-0.2, -0.15) is 0 Å². The molecule has 11 rings (SSSR count). The van der Waals surface area contributed by atoms with Gasteiger partial charge in [-0.3, -0.25) is 0 Å². The van der Waals surface area contributed by atoms with Crippen LogP contribution in [-0.4, -0.2) is 4.98 Å². The predicted molar refractivity (Wildman–Crippen MR) is 227 cm³/mol. The first-order valence-corrected chi connectivity index (χ1v) is 18.5. The fourth-order valence-corrected chi connectivity index (χ4v) is 8.09. The van der Waals surface area contributed by atoms with E-state index in [2.05, 4.69) is 150 Å². The molecule has 0 aliphatic heterocycles. The van der Waals surface area contributed by atoms with Crippen molar-refractivity contribution in [1.82, 2.24) is 4.98 Å². The number of fused-ring (bicyclic) bond motifs is 7. The smallest absolute Gasteiger partial charge is 0.227 e. The van der Waals surface area contributed by atoms with Crippen molar-refractivity contribution in [2.24, 2.45) is 0 Å². The number of nitrogens with zero attached hydrogens (tertiary/aromatic N) is 2. The first kappa shape index (κ1) is 31.1. The zero-order valence-corrected chi connectivity index (χ0v) is 29.7. The van der Waals surface area contributed by atoms with Crippen LogP contribution in [0.15, 0.2) is 203 Å². The summed E-state index contributed by atoms with van der Waals surface area (Å²) in [7, 11) is 0. The molecule has 0 unspecified atom stereocenters. The van der Waals surface area contributed by atoms with Gasteiger partial charge in [0.1, 0.15) is 16.7 Å². The van der Waals surface area contributed by atoms with Crippen LogP contribution in [0.25, 0.3) is 88.3 Å². The van der Waals surface area contributed by atoms with Gasteiger partial charge in [-0.25, -0.2) is 4.98 Å². The number of furan rings is 1. The predicted octanol–water partition coefficient (Wildman–Crippen LogP) is 14.5. The first-order valence-electron chi connectivity index (χ1n) is 18.5. The van der Waals surface area contributed by atoms with Crippen LogP contribution in [0.4, 0.5) is 17.1 Å². The molecule has 55 heavy (non-hydrogen) atoms. The highest BCUT2D eigenvalue weighted by molar-refractivity contribution is 6.17. The van der Waals surface area contributed by atoms with Crippen molar-refractivity contribution in [3.05, 3.63) is 194 Å². The molecule has 0 radical (unpaired) electrons. The van der Waals surface area contributed by atoms with Gasteiger partial charge in [0.15, 0.2) is 5.58 Å². The summed E-state index contributed by atoms with van der Waals surface area (Å²) in [6.45, 7) is 0. The number of aromatic nitrogens is 1. The number of benzene rings is 9. The standard InChI is InChI=1S/C51H32N2O2/c1-3-13-35(14-4-1)51-52-46-32-45-43-21-11-12-22-47(43)54-49(45)48(50(46)55-51)34-25-29-39(30-26-34)53(37-16-5-2-6-17-37)38-27-23-33(24-28-38)44-31-36-15-7-8-18-40(36)41-19-9-10-20-42(41)44/h1-32H. The second kappa shape index (κ2) is 12.6. The molecule has 0 aliphatic carbocycles. The topological polar surface area (TPSA) is 42.4 Å². The number of para-hydroxylation sites is 2. The average molecular weight is 705 g/mol. The molecule has 9 aromatic carbocycles. The Balaban J connectivity index is 1.03. The van der Waals surface area contributed by atoms with Gasteiger partial charge in [0, 0.05) is 33.4 Å². The molecule has 0 atom stereocenters. The summed E-state index contributed by atoms with van der Waals surface area (Å²) in [5, 5.41) is 7.10. The van der Waals surface area contributed by atoms with Crippen LogP contribution in [0.5, 0.6) is 0 Å². The maximum Gasteiger partial charge on any atom is 0.227 e. The second-order valence-corrected chi connectivity index (χ2v) is 13.9. The number of rotatable bonds is 6. The molecule has 4 heteroatoms. The van der Waals surface area contributed by atoms with Crippen molar-refractivity contribution in [2.75, 3.05) is 4.90 Å². The second-order valence-electron chi connectivity index (χ2n) is 13.9. The summed E-state index contributed by atoms with van der Waals surface area (Å²) < 4.78 is 13.2. The first-order chi connectivity index (χ1) is 27.3. The van der Waals surface area contributed by atoms with Crippen LogP contribution >= 0.6 is 0 Å². The average Bonchev–Trinajstić information content (AvgIpc) is 3.85. The summed E-state index contributed by atoms with van der Waals surface area (Å²) in [4.78, 5) is 7.27. The molecule has 2 aromatic heterocycles. The molecule has 0 amide bonds. The third kappa shape index (κ3) is 5.19. The molecule has 0 spiro atoms. The van der Waals surface area contributed by atoms with E-state index in [0.717, 1.165) is 61.2 Å². The van der Waals surface area contributed by atoms with Gasteiger partial charge in [0.05, 0.1) is 5.56 Å². The quantitative estimate of drug-likeness (QED) is 0.162. The Kier molecular flexibility index (Phi) is 7.14. The monoisotopic (exact) mass is 704 g/mol. The Morgan fingerprint density at radius 2 is 0.964 bits per heavy atom. The van der Waals surface area contributed by atoms with Crippen LogP contribution in [0.3, 0.4) is 0 Å². The van der Waals surface area contributed by atoms with E-state index in [1.54, 1.807) is 0 Å². The van der Waals surface area contributed by atoms with Gasteiger partial charge < -0.3 is 13.7 Å². The molecule has 4 nitrogen and oxygen atoms in total. The van der Waals surface area contributed by atoms with Crippen LogP contribution in [0.2, 0.25) is 0 Å². The highest BCUT2D eigenvalue weighted by atomic mass is 16.4. The Labute approximate surface area is 317 Å². The minimum atomic E-state index is 0.584. The molecular formula is C51H32N2O2.